The number of carbonyl (C=O) groups excluding carboxylic acids is 2. The summed E-state index contributed by atoms with van der Waals surface area (Å²) in [6, 6.07) is 19.7. The first-order valence-corrected chi connectivity index (χ1v) is 10.4. The fraction of sp³-hybridized carbons (Fsp3) is 0.200. The number of carbonyl (C=O) groups is 2. The molecule has 1 saturated heterocycles. The highest BCUT2D eigenvalue weighted by atomic mass is 19.1. The van der Waals surface area contributed by atoms with Crippen LogP contribution in [-0.2, 0) is 4.79 Å². The first kappa shape index (κ1) is 21.4. The predicted octanol–water partition coefficient (Wildman–Crippen LogP) is 4.82. The Hall–Kier alpha value is -3.87. The molecule has 1 atom stereocenters. The Kier molecular flexibility index (Phi) is 6.35. The Bertz CT molecular complexity index is 1100. The van der Waals surface area contributed by atoms with Crippen molar-refractivity contribution in [1.29, 1.82) is 0 Å². The number of hydrogen-bond donors (Lipinski definition) is 2. The molecule has 1 heterocycles. The van der Waals surface area contributed by atoms with Crippen molar-refractivity contribution in [3.05, 3.63) is 78.6 Å². The molecule has 0 unspecified atom stereocenters. The van der Waals surface area contributed by atoms with Gasteiger partial charge in [-0.3, -0.25) is 4.79 Å². The molecule has 2 N–H and O–H groups in total. The molecule has 0 spiro atoms. The zero-order valence-corrected chi connectivity index (χ0v) is 17.7. The maximum atomic E-state index is 14.0. The maximum Gasteiger partial charge on any atom is 0.319 e. The van der Waals surface area contributed by atoms with Crippen LogP contribution < -0.4 is 20.3 Å². The molecule has 0 bridgehead atoms. The third-order valence-electron chi connectivity index (χ3n) is 5.46. The Morgan fingerprint density at radius 1 is 1.03 bits per heavy atom. The molecule has 3 aromatic carbocycles. The number of nitrogens with zero attached hydrogens (tertiary/aromatic N) is 1. The first-order chi connectivity index (χ1) is 15.5. The minimum absolute atomic E-state index is 0.167. The molecule has 1 aliphatic rings. The number of amides is 3. The third-order valence-corrected chi connectivity index (χ3v) is 5.46. The quantitative estimate of drug-likeness (QED) is 0.606. The van der Waals surface area contributed by atoms with Crippen molar-refractivity contribution >= 4 is 23.3 Å². The van der Waals surface area contributed by atoms with E-state index in [0.717, 1.165) is 17.7 Å². The van der Waals surface area contributed by atoms with Crippen molar-refractivity contribution in [2.24, 2.45) is 0 Å². The number of methoxy groups -OCH3 is 1. The third kappa shape index (κ3) is 4.72. The molecule has 1 aliphatic heterocycles. The van der Waals surface area contributed by atoms with E-state index < -0.39 is 12.1 Å². The summed E-state index contributed by atoms with van der Waals surface area (Å²) in [4.78, 5) is 27.1. The van der Waals surface area contributed by atoms with Gasteiger partial charge in [-0.2, -0.15) is 0 Å². The first-order valence-electron chi connectivity index (χ1n) is 10.4. The molecule has 32 heavy (non-hydrogen) atoms. The molecule has 3 aromatic rings. The Morgan fingerprint density at radius 3 is 2.44 bits per heavy atom. The lowest BCUT2D eigenvalue weighted by atomic mass is 10.0. The molecule has 4 rings (SSSR count). The van der Waals surface area contributed by atoms with E-state index in [1.165, 1.54) is 6.07 Å². The van der Waals surface area contributed by atoms with E-state index in [1.54, 1.807) is 78.7 Å². The van der Waals surface area contributed by atoms with E-state index in [2.05, 4.69) is 10.6 Å². The lowest BCUT2D eigenvalue weighted by molar-refractivity contribution is -0.121. The Balaban J connectivity index is 1.41. The summed E-state index contributed by atoms with van der Waals surface area (Å²) in [5.74, 6) is 0.233. The van der Waals surface area contributed by atoms with Gasteiger partial charge in [0.15, 0.2) is 0 Å². The number of ether oxygens (including phenoxy) is 1. The van der Waals surface area contributed by atoms with Gasteiger partial charge in [-0.1, -0.05) is 30.3 Å². The second-order valence-corrected chi connectivity index (χ2v) is 7.54. The highest BCUT2D eigenvalue weighted by Gasteiger charge is 2.30. The van der Waals surface area contributed by atoms with Crippen molar-refractivity contribution in [1.82, 2.24) is 5.32 Å². The van der Waals surface area contributed by atoms with Gasteiger partial charge in [0.05, 0.1) is 7.11 Å². The molecule has 0 radical (unpaired) electrons. The SMILES string of the molecule is COc1ccc(NC(=O)N[C@@H]2CCCN(c3ccc(-c4ccccc4F)cc3)C2=O)cc1. The van der Waals surface area contributed by atoms with E-state index in [0.29, 0.717) is 30.0 Å². The highest BCUT2D eigenvalue weighted by molar-refractivity contribution is 6.01. The largest absolute Gasteiger partial charge is 0.497 e. The maximum absolute atomic E-state index is 14.0. The molecule has 0 aromatic heterocycles. The summed E-state index contributed by atoms with van der Waals surface area (Å²) in [5.41, 5.74) is 2.58. The summed E-state index contributed by atoms with van der Waals surface area (Å²) >= 11 is 0. The van der Waals surface area contributed by atoms with Crippen molar-refractivity contribution in [3.63, 3.8) is 0 Å². The summed E-state index contributed by atoms with van der Waals surface area (Å²) in [6.45, 7) is 0.566. The lowest BCUT2D eigenvalue weighted by Crippen LogP contribution is -2.53. The van der Waals surface area contributed by atoms with E-state index in [9.17, 15) is 14.0 Å². The van der Waals surface area contributed by atoms with Gasteiger partial charge in [0.25, 0.3) is 0 Å². The topological polar surface area (TPSA) is 70.7 Å². The van der Waals surface area contributed by atoms with E-state index in [-0.39, 0.29) is 11.7 Å². The number of benzene rings is 3. The number of piperidine rings is 1. The molecule has 7 heteroatoms. The average Bonchev–Trinajstić information content (AvgIpc) is 2.81. The number of hydrogen-bond acceptors (Lipinski definition) is 3. The number of halogens is 1. The van der Waals surface area contributed by atoms with Gasteiger partial charge >= 0.3 is 6.03 Å². The van der Waals surface area contributed by atoms with Crippen LogP contribution in [0.3, 0.4) is 0 Å². The van der Waals surface area contributed by atoms with E-state index in [4.69, 9.17) is 4.74 Å². The molecule has 0 saturated carbocycles. The molecule has 164 valence electrons. The van der Waals surface area contributed by atoms with Crippen LogP contribution in [0.5, 0.6) is 5.75 Å². The van der Waals surface area contributed by atoms with Crippen molar-refractivity contribution < 1.29 is 18.7 Å². The van der Waals surface area contributed by atoms with Crippen LogP contribution in [0.25, 0.3) is 11.1 Å². The molecule has 1 fully saturated rings. The molecular formula is C25H24FN3O3. The monoisotopic (exact) mass is 433 g/mol. The van der Waals surface area contributed by atoms with Gasteiger partial charge < -0.3 is 20.3 Å². The van der Waals surface area contributed by atoms with Crippen molar-refractivity contribution in [2.75, 3.05) is 23.9 Å². The van der Waals surface area contributed by atoms with E-state index in [1.807, 2.05) is 0 Å². The van der Waals surface area contributed by atoms with Gasteiger partial charge in [0.2, 0.25) is 5.91 Å². The fourth-order valence-electron chi connectivity index (χ4n) is 3.78. The number of urea groups is 1. The van der Waals surface area contributed by atoms with Crippen molar-refractivity contribution in [2.45, 2.75) is 18.9 Å². The van der Waals surface area contributed by atoms with Gasteiger partial charge in [-0.25, -0.2) is 9.18 Å². The van der Waals surface area contributed by atoms with Gasteiger partial charge in [0, 0.05) is 23.5 Å². The van der Waals surface area contributed by atoms with Crippen LogP contribution in [0, 0.1) is 5.82 Å². The zero-order chi connectivity index (χ0) is 22.5. The molecular weight excluding hydrogens is 409 g/mol. The molecule has 3 amide bonds. The van der Waals surface area contributed by atoms with Gasteiger partial charge in [-0.05, 0) is 60.9 Å². The Morgan fingerprint density at radius 2 is 1.75 bits per heavy atom. The molecule has 6 nitrogen and oxygen atoms in total. The number of nitrogens with one attached hydrogen (secondary N) is 2. The summed E-state index contributed by atoms with van der Waals surface area (Å²) in [5, 5.41) is 5.50. The highest BCUT2D eigenvalue weighted by Crippen LogP contribution is 2.27. The van der Waals surface area contributed by atoms with Crippen LogP contribution >= 0.6 is 0 Å². The minimum Gasteiger partial charge on any atom is -0.497 e. The van der Waals surface area contributed by atoms with Crippen LogP contribution in [0.15, 0.2) is 72.8 Å². The fourth-order valence-corrected chi connectivity index (χ4v) is 3.78. The summed E-state index contributed by atoms with van der Waals surface area (Å²) in [6.07, 6.45) is 1.33. The van der Waals surface area contributed by atoms with Crippen molar-refractivity contribution in [3.8, 4) is 16.9 Å². The predicted molar refractivity (Wildman–Crippen MR) is 122 cm³/mol. The van der Waals surface area contributed by atoms with Crippen LogP contribution in [-0.4, -0.2) is 31.6 Å². The Labute approximate surface area is 186 Å². The second-order valence-electron chi connectivity index (χ2n) is 7.54. The normalized spacial score (nSPS) is 15.9. The molecule has 0 aliphatic carbocycles. The van der Waals surface area contributed by atoms with Crippen LogP contribution in [0.2, 0.25) is 0 Å². The summed E-state index contributed by atoms with van der Waals surface area (Å²) in [7, 11) is 1.57. The van der Waals surface area contributed by atoms with Crippen LogP contribution in [0.4, 0.5) is 20.6 Å². The average molecular weight is 433 g/mol. The number of anilines is 2. The van der Waals surface area contributed by atoms with Gasteiger partial charge in [0.1, 0.15) is 17.6 Å². The smallest absolute Gasteiger partial charge is 0.319 e. The minimum atomic E-state index is -0.617. The van der Waals surface area contributed by atoms with Crippen LogP contribution in [0.1, 0.15) is 12.8 Å². The summed E-state index contributed by atoms with van der Waals surface area (Å²) < 4.78 is 19.1. The second kappa shape index (κ2) is 9.51. The standard InChI is InChI=1S/C25H24FN3O3/c1-32-20-14-10-18(11-15-20)27-25(31)28-23-7-4-16-29(24(23)30)19-12-8-17(9-13-19)21-5-2-3-6-22(21)26/h2-3,5-6,8-15,23H,4,7,16H2,1H3,(H2,27,28,31)/t23-/m1/s1. The van der Waals surface area contributed by atoms with E-state index >= 15 is 0 Å². The number of rotatable bonds is 5. The van der Waals surface area contributed by atoms with Gasteiger partial charge in [-0.15, -0.1) is 0 Å². The zero-order valence-electron chi connectivity index (χ0n) is 17.7. The lowest BCUT2D eigenvalue weighted by Gasteiger charge is -2.32.